The lowest BCUT2D eigenvalue weighted by Crippen LogP contribution is -2.36. The van der Waals surface area contributed by atoms with E-state index in [4.69, 9.17) is 10.5 Å². The Morgan fingerprint density at radius 1 is 0.792 bits per heavy atom. The molecule has 4 heterocycles. The fourth-order valence-electron chi connectivity index (χ4n) is 6.75. The first-order valence-corrected chi connectivity index (χ1v) is 15.9. The van der Waals surface area contributed by atoms with Crippen molar-refractivity contribution in [2.24, 2.45) is 25.9 Å². The molecule has 4 N–H and O–H groups in total. The van der Waals surface area contributed by atoms with Gasteiger partial charge in [0.2, 0.25) is 0 Å². The van der Waals surface area contributed by atoms with Gasteiger partial charge >= 0.3 is 0 Å². The molecular formula is C37H35N9O2. The standard InChI is InChI=1S/C19H18N4O.C18H17N5O/c1-12-9-19(12,15-5-6-23(2)11-15)22-18(24)17-8-14-7-13(10-20)3-4-16(14)21-17;1-11-7-18(11,14-9-20-23(2)10-14)22-17(24)16-6-13-5-12(8-19)3-4-15(13)21-16/h3-8,11-12,21H,9H2,1-2H3,(H,22,24);3-6,9-11,21H,7H2,1-2H3,(H,22,24)/t12-,19-;11-,18-/m01/s1. The quantitative estimate of drug-likeness (QED) is 0.190. The number of benzene rings is 2. The minimum absolute atomic E-state index is 0.113. The molecule has 48 heavy (non-hydrogen) atoms. The van der Waals surface area contributed by atoms with Gasteiger partial charge in [0.25, 0.3) is 11.8 Å². The molecule has 0 spiro atoms. The third-order valence-electron chi connectivity index (χ3n) is 9.85. The van der Waals surface area contributed by atoms with Crippen LogP contribution in [0.3, 0.4) is 0 Å². The predicted molar refractivity (Wildman–Crippen MR) is 180 cm³/mol. The van der Waals surface area contributed by atoms with Crippen molar-refractivity contribution in [1.82, 2.24) is 34.9 Å². The Morgan fingerprint density at radius 3 is 1.69 bits per heavy atom. The molecule has 240 valence electrons. The largest absolute Gasteiger partial charge is 0.357 e. The average Bonchev–Trinajstić information content (AvgIpc) is 3.54. The number of H-pyrrole nitrogens is 2. The van der Waals surface area contributed by atoms with Crippen molar-refractivity contribution in [1.29, 1.82) is 10.5 Å². The zero-order valence-corrected chi connectivity index (χ0v) is 27.1. The Balaban J connectivity index is 0.000000152. The highest BCUT2D eigenvalue weighted by Gasteiger charge is 2.55. The normalized spacial score (nSPS) is 22.3. The van der Waals surface area contributed by atoms with Crippen molar-refractivity contribution in [3.63, 3.8) is 0 Å². The third kappa shape index (κ3) is 5.39. The number of hydrogen-bond acceptors (Lipinski definition) is 5. The maximum absolute atomic E-state index is 12.7. The summed E-state index contributed by atoms with van der Waals surface area (Å²) in [5.41, 5.74) is 5.48. The van der Waals surface area contributed by atoms with E-state index in [2.05, 4.69) is 63.9 Å². The van der Waals surface area contributed by atoms with Crippen molar-refractivity contribution in [2.45, 2.75) is 37.8 Å². The van der Waals surface area contributed by atoms with Crippen molar-refractivity contribution in [3.05, 3.63) is 113 Å². The van der Waals surface area contributed by atoms with Crippen LogP contribution in [0.4, 0.5) is 0 Å². The molecule has 0 bridgehead atoms. The third-order valence-corrected chi connectivity index (χ3v) is 9.85. The number of nitriles is 2. The van der Waals surface area contributed by atoms with Crippen LogP contribution in [0, 0.1) is 34.5 Å². The van der Waals surface area contributed by atoms with Crippen LogP contribution in [0.25, 0.3) is 21.8 Å². The maximum Gasteiger partial charge on any atom is 0.268 e. The van der Waals surface area contributed by atoms with Crippen LogP contribution >= 0.6 is 0 Å². The number of carbonyl (C=O) groups is 2. The molecular weight excluding hydrogens is 602 g/mol. The lowest BCUT2D eigenvalue weighted by atomic mass is 10.1. The van der Waals surface area contributed by atoms with Crippen LogP contribution < -0.4 is 10.6 Å². The molecule has 11 heteroatoms. The topological polar surface area (TPSA) is 160 Å². The second-order valence-corrected chi connectivity index (χ2v) is 13.2. The van der Waals surface area contributed by atoms with E-state index < -0.39 is 0 Å². The lowest BCUT2D eigenvalue weighted by molar-refractivity contribution is 0.0914. The van der Waals surface area contributed by atoms with E-state index in [1.54, 1.807) is 41.1 Å². The fraction of sp³-hybridized carbons (Fsp3) is 0.270. The number of fused-ring (bicyclic) bond motifs is 2. The van der Waals surface area contributed by atoms with Crippen LogP contribution in [0.15, 0.2) is 79.4 Å². The Labute approximate surface area is 277 Å². The predicted octanol–water partition coefficient (Wildman–Crippen LogP) is 5.48. The number of nitrogens with zero attached hydrogens (tertiary/aromatic N) is 5. The van der Waals surface area contributed by atoms with Crippen molar-refractivity contribution < 1.29 is 9.59 Å². The summed E-state index contributed by atoms with van der Waals surface area (Å²) in [6.07, 6.45) is 9.68. The summed E-state index contributed by atoms with van der Waals surface area (Å²) in [4.78, 5) is 31.7. The second-order valence-electron chi connectivity index (χ2n) is 13.2. The van der Waals surface area contributed by atoms with Crippen LogP contribution in [0.2, 0.25) is 0 Å². The van der Waals surface area contributed by atoms with Crippen molar-refractivity contribution >= 4 is 33.6 Å². The maximum atomic E-state index is 12.7. The molecule has 2 amide bonds. The zero-order valence-electron chi connectivity index (χ0n) is 27.1. The highest BCUT2D eigenvalue weighted by atomic mass is 16.2. The van der Waals surface area contributed by atoms with E-state index in [0.717, 1.165) is 45.8 Å². The summed E-state index contributed by atoms with van der Waals surface area (Å²) in [7, 11) is 3.85. The van der Waals surface area contributed by atoms with Crippen LogP contribution in [0.1, 0.15) is 69.9 Å². The summed E-state index contributed by atoms with van der Waals surface area (Å²) in [5, 5.41) is 30.3. The van der Waals surface area contributed by atoms with Gasteiger partial charge in [0.15, 0.2) is 0 Å². The van der Waals surface area contributed by atoms with Gasteiger partial charge in [0.1, 0.15) is 11.4 Å². The summed E-state index contributed by atoms with van der Waals surface area (Å²) in [6, 6.07) is 20.6. The molecule has 8 rings (SSSR count). The number of hydrogen-bond donors (Lipinski definition) is 4. The molecule has 0 radical (unpaired) electrons. The summed E-state index contributed by atoms with van der Waals surface area (Å²) in [6.45, 7) is 4.27. The second kappa shape index (κ2) is 11.3. The Kier molecular flexibility index (Phi) is 7.21. The fourth-order valence-corrected chi connectivity index (χ4v) is 6.75. The molecule has 2 saturated carbocycles. The molecule has 0 unspecified atom stereocenters. The molecule has 0 aliphatic heterocycles. The monoisotopic (exact) mass is 637 g/mol. The van der Waals surface area contributed by atoms with Gasteiger partial charge in [-0.1, -0.05) is 13.8 Å². The Bertz CT molecular complexity index is 2150. The molecule has 2 aliphatic rings. The SMILES string of the molecule is C[C@@H]1C[C@]1(NC(=O)c1cc2cc(C#N)ccc2[nH]1)c1cnn(C)c1.C[C@H]1C[C@@]1(NC(=O)c1cc2cc(C#N)ccc2[nH]1)c1ccn(C)c1. The number of rotatable bonds is 6. The average molecular weight is 638 g/mol. The molecule has 2 aromatic carbocycles. The van der Waals surface area contributed by atoms with Gasteiger partial charge in [-0.2, -0.15) is 15.6 Å². The molecule has 4 aromatic heterocycles. The van der Waals surface area contributed by atoms with E-state index in [1.807, 2.05) is 49.4 Å². The van der Waals surface area contributed by atoms with E-state index in [0.29, 0.717) is 34.4 Å². The lowest BCUT2D eigenvalue weighted by Gasteiger charge is -2.17. The van der Waals surface area contributed by atoms with E-state index in [9.17, 15) is 9.59 Å². The van der Waals surface area contributed by atoms with Crippen LogP contribution in [-0.4, -0.2) is 36.1 Å². The van der Waals surface area contributed by atoms with E-state index in [-0.39, 0.29) is 22.9 Å². The van der Waals surface area contributed by atoms with Gasteiger partial charge in [-0.15, -0.1) is 0 Å². The molecule has 2 aliphatic carbocycles. The Hall–Kier alpha value is -6.07. The Morgan fingerprint density at radius 2 is 1.29 bits per heavy atom. The molecule has 0 saturated heterocycles. The summed E-state index contributed by atoms with van der Waals surface area (Å²) in [5.74, 6) is 0.537. The number of nitrogens with one attached hydrogen (secondary N) is 4. The number of amides is 2. The van der Waals surface area contributed by atoms with E-state index in [1.165, 1.54) is 0 Å². The minimum Gasteiger partial charge on any atom is -0.357 e. The van der Waals surface area contributed by atoms with Crippen LogP contribution in [-0.2, 0) is 25.2 Å². The van der Waals surface area contributed by atoms with Gasteiger partial charge < -0.3 is 25.2 Å². The van der Waals surface area contributed by atoms with Gasteiger partial charge in [0.05, 0.1) is 40.5 Å². The molecule has 11 nitrogen and oxygen atoms in total. The summed E-state index contributed by atoms with van der Waals surface area (Å²) < 4.78 is 3.75. The highest BCUT2D eigenvalue weighted by Crippen LogP contribution is 2.52. The highest BCUT2D eigenvalue weighted by molar-refractivity contribution is 5.99. The first kappa shape index (κ1) is 30.6. The smallest absolute Gasteiger partial charge is 0.268 e. The minimum atomic E-state index is -0.333. The molecule has 2 fully saturated rings. The first-order valence-electron chi connectivity index (χ1n) is 15.9. The number of aromatic nitrogens is 5. The number of carbonyl (C=O) groups excluding carboxylic acids is 2. The van der Waals surface area contributed by atoms with Gasteiger partial charge in [0, 0.05) is 60.1 Å². The number of aromatic amines is 2. The zero-order chi connectivity index (χ0) is 33.8. The summed E-state index contributed by atoms with van der Waals surface area (Å²) >= 11 is 0. The van der Waals surface area contributed by atoms with Crippen molar-refractivity contribution in [3.8, 4) is 12.1 Å². The van der Waals surface area contributed by atoms with Crippen molar-refractivity contribution in [2.75, 3.05) is 0 Å². The number of aryl methyl sites for hydroxylation is 2. The molecule has 6 aromatic rings. The first-order chi connectivity index (χ1) is 23.0. The molecule has 4 atom stereocenters. The van der Waals surface area contributed by atoms with Gasteiger partial charge in [-0.25, -0.2) is 0 Å². The van der Waals surface area contributed by atoms with Gasteiger partial charge in [-0.05, 0) is 84.8 Å². The van der Waals surface area contributed by atoms with E-state index >= 15 is 0 Å². The van der Waals surface area contributed by atoms with Gasteiger partial charge in [-0.3, -0.25) is 14.3 Å². The van der Waals surface area contributed by atoms with Crippen LogP contribution in [0.5, 0.6) is 0 Å².